The maximum Gasteiger partial charge on any atom is 0.347 e. The molecule has 6 nitrogen and oxygen atoms in total. The molecule has 0 aromatic carbocycles. The smallest absolute Gasteiger partial charge is 0.347 e. The third kappa shape index (κ3) is 2.78. The lowest BCUT2D eigenvalue weighted by Crippen LogP contribution is -2.12. The Hall–Kier alpha value is -1.64. The summed E-state index contributed by atoms with van der Waals surface area (Å²) in [6.07, 6.45) is -2.46. The predicted octanol–water partition coefficient (Wildman–Crippen LogP) is 2.87. The predicted molar refractivity (Wildman–Crippen MR) is 59.5 cm³/mol. The lowest BCUT2D eigenvalue weighted by molar-refractivity contribution is -0.386. The van der Waals surface area contributed by atoms with E-state index in [0.717, 1.165) is 0 Å². The summed E-state index contributed by atoms with van der Waals surface area (Å²) in [6.45, 7) is 1.45. The molecule has 1 aromatic rings. The van der Waals surface area contributed by atoms with Crippen molar-refractivity contribution in [2.75, 3.05) is 6.61 Å². The molecular formula is C9H7BrF2N2O4. The van der Waals surface area contributed by atoms with E-state index in [1.54, 1.807) is 0 Å². The summed E-state index contributed by atoms with van der Waals surface area (Å²) < 4.78 is 29.6. The van der Waals surface area contributed by atoms with Crippen LogP contribution in [-0.4, -0.2) is 22.5 Å². The van der Waals surface area contributed by atoms with E-state index in [0.29, 0.717) is 6.20 Å². The van der Waals surface area contributed by atoms with Crippen LogP contribution in [0.25, 0.3) is 0 Å². The Balaban J connectivity index is 3.51. The van der Waals surface area contributed by atoms with Gasteiger partial charge in [0.05, 0.1) is 11.5 Å². The topological polar surface area (TPSA) is 82.3 Å². The number of ether oxygens (including phenoxy) is 1. The minimum absolute atomic E-state index is 0.0403. The Morgan fingerprint density at radius 3 is 2.72 bits per heavy atom. The van der Waals surface area contributed by atoms with Crippen molar-refractivity contribution in [3.63, 3.8) is 0 Å². The van der Waals surface area contributed by atoms with Crippen molar-refractivity contribution in [2.45, 2.75) is 13.3 Å². The molecule has 98 valence electrons. The van der Waals surface area contributed by atoms with Crippen LogP contribution < -0.4 is 0 Å². The zero-order valence-electron chi connectivity index (χ0n) is 9.02. The number of esters is 1. The Morgan fingerprint density at radius 2 is 2.28 bits per heavy atom. The van der Waals surface area contributed by atoms with Crippen LogP contribution in [0.5, 0.6) is 0 Å². The van der Waals surface area contributed by atoms with Crippen LogP contribution in [0, 0.1) is 10.1 Å². The van der Waals surface area contributed by atoms with E-state index in [2.05, 4.69) is 25.7 Å². The minimum Gasteiger partial charge on any atom is -0.462 e. The lowest BCUT2D eigenvalue weighted by atomic mass is 10.1. The second kappa shape index (κ2) is 5.80. The molecule has 0 radical (unpaired) electrons. The summed E-state index contributed by atoms with van der Waals surface area (Å²) in [5.74, 6) is -1.08. The van der Waals surface area contributed by atoms with E-state index >= 15 is 0 Å². The molecule has 0 atom stereocenters. The van der Waals surface area contributed by atoms with Crippen LogP contribution in [0.15, 0.2) is 10.8 Å². The molecule has 18 heavy (non-hydrogen) atoms. The maximum atomic E-state index is 12.6. The molecule has 9 heteroatoms. The average molecular weight is 325 g/mol. The number of aromatic nitrogens is 1. The van der Waals surface area contributed by atoms with Gasteiger partial charge in [0.15, 0.2) is 5.56 Å². The first-order valence-electron chi connectivity index (χ1n) is 4.68. The van der Waals surface area contributed by atoms with Gasteiger partial charge in [-0.2, -0.15) is 0 Å². The molecule has 0 saturated carbocycles. The number of nitro groups is 1. The molecule has 0 amide bonds. The fourth-order valence-electron chi connectivity index (χ4n) is 1.23. The summed E-state index contributed by atoms with van der Waals surface area (Å²) in [4.78, 5) is 24.8. The Bertz CT molecular complexity index is 496. The standard InChI is InChI=1S/C9H7BrF2N2O4/c1-2-18-9(15)5-6(14(16)17)4(8(11)12)3-13-7(5)10/h3,8H,2H2,1H3. The quantitative estimate of drug-likeness (QED) is 0.368. The van der Waals surface area contributed by atoms with Crippen LogP contribution in [0.1, 0.15) is 29.3 Å². The largest absolute Gasteiger partial charge is 0.462 e. The molecule has 0 fully saturated rings. The normalized spacial score (nSPS) is 10.5. The lowest BCUT2D eigenvalue weighted by Gasteiger charge is -2.08. The number of hydrogen-bond acceptors (Lipinski definition) is 5. The van der Waals surface area contributed by atoms with Gasteiger partial charge in [0.1, 0.15) is 10.2 Å². The number of pyridine rings is 1. The van der Waals surface area contributed by atoms with Crippen LogP contribution in [0.3, 0.4) is 0 Å². The second-order valence-electron chi connectivity index (χ2n) is 3.01. The molecule has 0 unspecified atom stereocenters. The van der Waals surface area contributed by atoms with Gasteiger partial charge in [0, 0.05) is 6.20 Å². The highest BCUT2D eigenvalue weighted by Crippen LogP contribution is 2.34. The van der Waals surface area contributed by atoms with Gasteiger partial charge in [-0.3, -0.25) is 10.1 Å². The highest BCUT2D eigenvalue weighted by atomic mass is 79.9. The van der Waals surface area contributed by atoms with E-state index in [4.69, 9.17) is 0 Å². The van der Waals surface area contributed by atoms with Crippen molar-refractivity contribution in [2.24, 2.45) is 0 Å². The van der Waals surface area contributed by atoms with Crippen molar-refractivity contribution in [1.29, 1.82) is 0 Å². The van der Waals surface area contributed by atoms with Crippen molar-refractivity contribution in [3.05, 3.63) is 32.0 Å². The molecular weight excluding hydrogens is 318 g/mol. The Labute approximate surface area is 108 Å². The summed E-state index contributed by atoms with van der Waals surface area (Å²) in [5.41, 5.74) is -2.53. The number of alkyl halides is 2. The zero-order chi connectivity index (χ0) is 13.9. The number of nitrogens with zero attached hydrogens (tertiary/aromatic N) is 2. The molecule has 0 saturated heterocycles. The molecule has 1 aromatic heterocycles. The first kappa shape index (κ1) is 14.4. The summed E-state index contributed by atoms with van der Waals surface area (Å²) >= 11 is 2.81. The Morgan fingerprint density at radius 1 is 1.67 bits per heavy atom. The first-order chi connectivity index (χ1) is 8.40. The number of carbonyl (C=O) groups excluding carboxylic acids is 1. The summed E-state index contributed by atoms with van der Waals surface area (Å²) in [7, 11) is 0. The van der Waals surface area contributed by atoms with Gasteiger partial charge in [0.25, 0.3) is 12.1 Å². The van der Waals surface area contributed by atoms with Crippen molar-refractivity contribution in [1.82, 2.24) is 4.98 Å². The van der Waals surface area contributed by atoms with Gasteiger partial charge in [0.2, 0.25) is 0 Å². The monoisotopic (exact) mass is 324 g/mol. The van der Waals surface area contributed by atoms with E-state index in [1.165, 1.54) is 6.92 Å². The Kier molecular flexibility index (Phi) is 4.65. The maximum absolute atomic E-state index is 12.6. The molecule has 0 spiro atoms. The molecule has 1 heterocycles. The van der Waals surface area contributed by atoms with Gasteiger partial charge >= 0.3 is 5.97 Å². The first-order valence-corrected chi connectivity index (χ1v) is 5.47. The minimum atomic E-state index is -3.11. The second-order valence-corrected chi connectivity index (χ2v) is 3.76. The molecule has 0 N–H and O–H groups in total. The van der Waals surface area contributed by atoms with Crippen LogP contribution >= 0.6 is 15.9 Å². The van der Waals surface area contributed by atoms with Crippen molar-refractivity contribution in [3.8, 4) is 0 Å². The molecule has 0 aliphatic carbocycles. The zero-order valence-corrected chi connectivity index (χ0v) is 10.6. The van der Waals surface area contributed by atoms with Crippen LogP contribution in [0.4, 0.5) is 14.5 Å². The van der Waals surface area contributed by atoms with E-state index < -0.39 is 34.1 Å². The van der Waals surface area contributed by atoms with Crippen molar-refractivity contribution >= 4 is 27.6 Å². The van der Waals surface area contributed by atoms with Gasteiger partial charge in [-0.25, -0.2) is 18.6 Å². The van der Waals surface area contributed by atoms with E-state index in [1.807, 2.05) is 0 Å². The number of hydrogen-bond donors (Lipinski definition) is 0. The fourth-order valence-corrected chi connectivity index (χ4v) is 1.69. The number of rotatable bonds is 4. The third-order valence-corrected chi connectivity index (χ3v) is 2.53. The molecule has 0 aliphatic rings. The van der Waals surface area contributed by atoms with Gasteiger partial charge < -0.3 is 4.74 Å². The fraction of sp³-hybridized carbons (Fsp3) is 0.333. The van der Waals surface area contributed by atoms with Gasteiger partial charge in [-0.1, -0.05) is 0 Å². The number of halogens is 3. The van der Waals surface area contributed by atoms with Crippen molar-refractivity contribution < 1.29 is 23.2 Å². The van der Waals surface area contributed by atoms with Gasteiger partial charge in [-0.15, -0.1) is 0 Å². The molecule has 1 rings (SSSR count). The highest BCUT2D eigenvalue weighted by molar-refractivity contribution is 9.10. The van der Waals surface area contributed by atoms with Gasteiger partial charge in [-0.05, 0) is 22.9 Å². The SMILES string of the molecule is CCOC(=O)c1c(Br)ncc(C(F)F)c1[N+](=O)[O-]. The average Bonchev–Trinajstić information content (AvgIpc) is 2.27. The summed E-state index contributed by atoms with van der Waals surface area (Å²) in [6, 6.07) is 0. The third-order valence-electron chi connectivity index (χ3n) is 1.93. The van der Waals surface area contributed by atoms with E-state index in [9.17, 15) is 23.7 Å². The molecule has 0 aliphatic heterocycles. The summed E-state index contributed by atoms with van der Waals surface area (Å²) in [5, 5.41) is 10.8. The highest BCUT2D eigenvalue weighted by Gasteiger charge is 2.33. The number of carbonyl (C=O) groups is 1. The van der Waals surface area contributed by atoms with Crippen LogP contribution in [0.2, 0.25) is 0 Å². The molecule has 0 bridgehead atoms. The van der Waals surface area contributed by atoms with E-state index in [-0.39, 0.29) is 11.2 Å². The van der Waals surface area contributed by atoms with Crippen LogP contribution in [-0.2, 0) is 4.74 Å².